The molecule has 7 nitrogen and oxygen atoms in total. The third kappa shape index (κ3) is 2.59. The topological polar surface area (TPSA) is 90.8 Å². The lowest BCUT2D eigenvalue weighted by atomic mass is 10.0. The van der Waals surface area contributed by atoms with Crippen molar-refractivity contribution in [2.24, 2.45) is 0 Å². The summed E-state index contributed by atoms with van der Waals surface area (Å²) >= 11 is 0. The standard InChI is InChI=1S/C12H15FN2O5/c1-18-8-6-9(19-2)15-11(14-8)20-7-4-3-5-12(7,13)10(16)17/h6-7H,3-5H2,1-2H3,(H,16,17). The molecule has 1 aliphatic carbocycles. The van der Waals surface area contributed by atoms with Crippen LogP contribution in [0.2, 0.25) is 0 Å². The smallest absolute Gasteiger partial charge is 0.345 e. The maximum atomic E-state index is 14.3. The zero-order valence-electron chi connectivity index (χ0n) is 11.1. The number of carbonyl (C=O) groups is 1. The van der Waals surface area contributed by atoms with Gasteiger partial charge in [0.15, 0.2) is 0 Å². The molecule has 0 aliphatic heterocycles. The summed E-state index contributed by atoms with van der Waals surface area (Å²) in [6.07, 6.45) is -0.509. The Morgan fingerprint density at radius 1 is 1.40 bits per heavy atom. The molecule has 1 N–H and O–H groups in total. The van der Waals surface area contributed by atoms with E-state index in [1.54, 1.807) is 0 Å². The molecule has 1 aromatic heterocycles. The van der Waals surface area contributed by atoms with E-state index in [0.717, 1.165) is 0 Å². The van der Waals surface area contributed by atoms with Crippen molar-refractivity contribution >= 4 is 5.97 Å². The second kappa shape index (κ2) is 5.48. The van der Waals surface area contributed by atoms with Gasteiger partial charge in [0, 0.05) is 0 Å². The number of ether oxygens (including phenoxy) is 3. The van der Waals surface area contributed by atoms with Crippen LogP contribution < -0.4 is 14.2 Å². The first-order chi connectivity index (χ1) is 9.49. The molecule has 110 valence electrons. The van der Waals surface area contributed by atoms with Crippen LogP contribution in [0.15, 0.2) is 6.07 Å². The van der Waals surface area contributed by atoms with Crippen LogP contribution in [-0.2, 0) is 4.79 Å². The van der Waals surface area contributed by atoms with Crippen LogP contribution in [0.1, 0.15) is 19.3 Å². The van der Waals surface area contributed by atoms with Gasteiger partial charge in [-0.25, -0.2) is 9.18 Å². The van der Waals surface area contributed by atoms with E-state index in [0.29, 0.717) is 6.42 Å². The number of hydrogen-bond donors (Lipinski definition) is 1. The van der Waals surface area contributed by atoms with Gasteiger partial charge in [0.1, 0.15) is 6.10 Å². The summed E-state index contributed by atoms with van der Waals surface area (Å²) in [7, 11) is 2.80. The molecule has 0 saturated heterocycles. The van der Waals surface area contributed by atoms with Crippen LogP contribution in [-0.4, -0.2) is 47.0 Å². The summed E-state index contributed by atoms with van der Waals surface area (Å²) in [6, 6.07) is 1.26. The predicted molar refractivity (Wildman–Crippen MR) is 64.9 cm³/mol. The number of aliphatic carboxylic acids is 1. The SMILES string of the molecule is COc1cc(OC)nc(OC2CCCC2(F)C(=O)O)n1. The Kier molecular flexibility index (Phi) is 3.91. The van der Waals surface area contributed by atoms with Crippen molar-refractivity contribution in [1.82, 2.24) is 9.97 Å². The molecule has 2 rings (SSSR count). The van der Waals surface area contributed by atoms with E-state index in [-0.39, 0.29) is 30.6 Å². The molecule has 1 fully saturated rings. The van der Waals surface area contributed by atoms with Gasteiger partial charge in [-0.05, 0) is 19.3 Å². The Bertz CT molecular complexity index is 490. The van der Waals surface area contributed by atoms with E-state index < -0.39 is 17.7 Å². The predicted octanol–water partition coefficient (Wildman–Crippen LogP) is 1.22. The number of rotatable bonds is 5. The normalized spacial score (nSPS) is 25.2. The molecule has 2 unspecified atom stereocenters. The van der Waals surface area contributed by atoms with Gasteiger partial charge in [-0.3, -0.25) is 0 Å². The lowest BCUT2D eigenvalue weighted by molar-refractivity contribution is -0.156. The summed E-state index contributed by atoms with van der Waals surface area (Å²) in [5.41, 5.74) is -2.42. The molecule has 8 heteroatoms. The summed E-state index contributed by atoms with van der Waals surface area (Å²) in [6.45, 7) is 0. The van der Waals surface area contributed by atoms with E-state index in [4.69, 9.17) is 19.3 Å². The maximum Gasteiger partial charge on any atom is 0.345 e. The van der Waals surface area contributed by atoms with Gasteiger partial charge >= 0.3 is 12.0 Å². The fourth-order valence-electron chi connectivity index (χ4n) is 2.10. The molecule has 1 aliphatic rings. The molecule has 0 radical (unpaired) electrons. The third-order valence-corrected chi connectivity index (χ3v) is 3.20. The highest BCUT2D eigenvalue weighted by molar-refractivity contribution is 5.78. The Balaban J connectivity index is 2.23. The summed E-state index contributed by atoms with van der Waals surface area (Å²) in [5.74, 6) is -1.16. The summed E-state index contributed by atoms with van der Waals surface area (Å²) in [5, 5.41) is 8.98. The van der Waals surface area contributed by atoms with E-state index in [1.807, 2.05) is 0 Å². The second-order valence-electron chi connectivity index (χ2n) is 4.40. The first kappa shape index (κ1) is 14.3. The Labute approximate surface area is 114 Å². The Morgan fingerprint density at radius 2 is 2.00 bits per heavy atom. The molecule has 1 heterocycles. The Hall–Kier alpha value is -2.12. The minimum atomic E-state index is -2.42. The second-order valence-corrected chi connectivity index (χ2v) is 4.40. The number of nitrogens with zero attached hydrogens (tertiary/aromatic N) is 2. The lowest BCUT2D eigenvalue weighted by Crippen LogP contribution is -2.44. The van der Waals surface area contributed by atoms with E-state index in [2.05, 4.69) is 9.97 Å². The van der Waals surface area contributed by atoms with Crippen molar-refractivity contribution in [1.29, 1.82) is 0 Å². The molecule has 0 bridgehead atoms. The highest BCUT2D eigenvalue weighted by Gasteiger charge is 2.52. The van der Waals surface area contributed by atoms with Gasteiger partial charge in [0.2, 0.25) is 17.4 Å². The van der Waals surface area contributed by atoms with E-state index in [9.17, 15) is 9.18 Å². The van der Waals surface area contributed by atoms with Crippen LogP contribution >= 0.6 is 0 Å². The van der Waals surface area contributed by atoms with Crippen LogP contribution in [0.4, 0.5) is 4.39 Å². The Morgan fingerprint density at radius 3 is 2.50 bits per heavy atom. The van der Waals surface area contributed by atoms with Crippen molar-refractivity contribution in [3.63, 3.8) is 0 Å². The molecule has 20 heavy (non-hydrogen) atoms. The summed E-state index contributed by atoms with van der Waals surface area (Å²) < 4.78 is 29.5. The number of halogens is 1. The number of carboxylic acid groups (broad SMARTS) is 1. The first-order valence-corrected chi connectivity index (χ1v) is 6.05. The quantitative estimate of drug-likeness (QED) is 0.870. The lowest BCUT2D eigenvalue weighted by Gasteiger charge is -2.22. The molecule has 2 atom stereocenters. The fraction of sp³-hybridized carbons (Fsp3) is 0.583. The monoisotopic (exact) mass is 286 g/mol. The third-order valence-electron chi connectivity index (χ3n) is 3.20. The number of aromatic nitrogens is 2. The average molecular weight is 286 g/mol. The minimum Gasteiger partial charge on any atom is -0.481 e. The fourth-order valence-corrected chi connectivity index (χ4v) is 2.10. The van der Waals surface area contributed by atoms with E-state index >= 15 is 0 Å². The zero-order chi connectivity index (χ0) is 14.8. The number of methoxy groups -OCH3 is 2. The van der Waals surface area contributed by atoms with Gasteiger partial charge in [-0.2, -0.15) is 9.97 Å². The summed E-state index contributed by atoms with van der Waals surface area (Å²) in [4.78, 5) is 18.8. The zero-order valence-corrected chi connectivity index (χ0v) is 11.1. The van der Waals surface area contributed by atoms with Crippen LogP contribution in [0, 0.1) is 0 Å². The number of hydrogen-bond acceptors (Lipinski definition) is 6. The van der Waals surface area contributed by atoms with Crippen molar-refractivity contribution < 1.29 is 28.5 Å². The van der Waals surface area contributed by atoms with Crippen LogP contribution in [0.3, 0.4) is 0 Å². The van der Waals surface area contributed by atoms with Crippen molar-refractivity contribution in [3.05, 3.63) is 6.07 Å². The molecule has 1 aromatic rings. The maximum absolute atomic E-state index is 14.3. The van der Waals surface area contributed by atoms with Gasteiger partial charge in [-0.15, -0.1) is 0 Å². The number of alkyl halides is 1. The van der Waals surface area contributed by atoms with Crippen molar-refractivity contribution in [3.8, 4) is 17.8 Å². The minimum absolute atomic E-state index is 0.0892. The molecular formula is C12H15FN2O5. The molecule has 0 spiro atoms. The van der Waals surface area contributed by atoms with Gasteiger partial charge in [0.25, 0.3) is 0 Å². The number of carboxylic acids is 1. The van der Waals surface area contributed by atoms with Gasteiger partial charge in [-0.1, -0.05) is 0 Å². The van der Waals surface area contributed by atoms with E-state index in [1.165, 1.54) is 20.3 Å². The van der Waals surface area contributed by atoms with Crippen LogP contribution in [0.5, 0.6) is 17.8 Å². The van der Waals surface area contributed by atoms with Gasteiger partial charge in [0.05, 0.1) is 20.3 Å². The van der Waals surface area contributed by atoms with Crippen LogP contribution in [0.25, 0.3) is 0 Å². The van der Waals surface area contributed by atoms with Crippen molar-refractivity contribution in [2.45, 2.75) is 31.0 Å². The average Bonchev–Trinajstić information content (AvgIpc) is 2.81. The van der Waals surface area contributed by atoms with Crippen molar-refractivity contribution in [2.75, 3.05) is 14.2 Å². The molecule has 0 amide bonds. The van der Waals surface area contributed by atoms with Gasteiger partial charge < -0.3 is 19.3 Å². The largest absolute Gasteiger partial charge is 0.481 e. The highest BCUT2D eigenvalue weighted by Crippen LogP contribution is 2.36. The molecular weight excluding hydrogens is 271 g/mol. The molecule has 0 aromatic carbocycles. The molecule has 1 saturated carbocycles. The highest BCUT2D eigenvalue weighted by atomic mass is 19.1. The first-order valence-electron chi connectivity index (χ1n) is 6.05.